The molecular weight excluding hydrogens is 296 g/mol. The standard InChI is InChI=1S/C13H12N2.C7H6N2/c14-13(15)12-9-5-4-8-11(12)10-6-2-1-3-7-10;1-2-4-7-6(3-1)8-5-9-7/h1-9H,(H3,14,15);1-5H,(H,8,9). The van der Waals surface area contributed by atoms with Gasteiger partial charge < -0.3 is 10.7 Å². The minimum atomic E-state index is 0.106. The lowest BCUT2D eigenvalue weighted by atomic mass is 9.99. The van der Waals surface area contributed by atoms with E-state index in [2.05, 4.69) is 9.97 Å². The second-order valence-electron chi connectivity index (χ2n) is 5.24. The third-order valence-corrected chi connectivity index (χ3v) is 3.63. The Morgan fingerprint density at radius 3 is 2.25 bits per heavy atom. The molecule has 0 aliphatic carbocycles. The molecule has 4 heteroatoms. The molecule has 118 valence electrons. The number of benzene rings is 3. The number of nitrogens with zero attached hydrogens (tertiary/aromatic N) is 1. The van der Waals surface area contributed by atoms with Crippen molar-refractivity contribution >= 4 is 16.9 Å². The summed E-state index contributed by atoms with van der Waals surface area (Å²) in [6.45, 7) is 0. The average molecular weight is 314 g/mol. The van der Waals surface area contributed by atoms with Gasteiger partial charge in [0.25, 0.3) is 0 Å². The zero-order valence-electron chi connectivity index (χ0n) is 13.1. The third kappa shape index (κ3) is 3.50. The molecule has 4 rings (SSSR count). The first-order chi connectivity index (χ1) is 11.8. The predicted molar refractivity (Wildman–Crippen MR) is 99.0 cm³/mol. The van der Waals surface area contributed by atoms with Crippen molar-refractivity contribution in [1.29, 1.82) is 5.41 Å². The van der Waals surface area contributed by atoms with Crippen LogP contribution in [0.3, 0.4) is 0 Å². The number of aromatic amines is 1. The van der Waals surface area contributed by atoms with Gasteiger partial charge in [-0.05, 0) is 23.3 Å². The lowest BCUT2D eigenvalue weighted by molar-refractivity contribution is 1.34. The number of rotatable bonds is 2. The summed E-state index contributed by atoms with van der Waals surface area (Å²) in [5.41, 5.74) is 10.5. The van der Waals surface area contributed by atoms with Gasteiger partial charge in [0.1, 0.15) is 5.84 Å². The highest BCUT2D eigenvalue weighted by Crippen LogP contribution is 2.22. The first-order valence-electron chi connectivity index (χ1n) is 7.62. The molecule has 3 aromatic carbocycles. The van der Waals surface area contributed by atoms with Gasteiger partial charge >= 0.3 is 0 Å². The first kappa shape index (κ1) is 15.5. The lowest BCUT2D eigenvalue weighted by Gasteiger charge is -2.07. The van der Waals surface area contributed by atoms with E-state index in [4.69, 9.17) is 11.1 Å². The van der Waals surface area contributed by atoms with E-state index in [0.29, 0.717) is 0 Å². The van der Waals surface area contributed by atoms with Gasteiger partial charge in [-0.3, -0.25) is 5.41 Å². The molecule has 0 aliphatic rings. The summed E-state index contributed by atoms with van der Waals surface area (Å²) in [4.78, 5) is 7.07. The maximum atomic E-state index is 7.50. The number of nitrogen functional groups attached to an aromatic ring is 1. The Kier molecular flexibility index (Phi) is 4.68. The van der Waals surface area contributed by atoms with E-state index in [1.807, 2.05) is 78.9 Å². The number of hydrogen-bond acceptors (Lipinski definition) is 2. The highest BCUT2D eigenvalue weighted by atomic mass is 14.9. The maximum Gasteiger partial charge on any atom is 0.123 e. The number of aromatic nitrogens is 2. The molecule has 0 unspecified atom stereocenters. The molecular formula is C20H18N4. The maximum absolute atomic E-state index is 7.50. The number of imidazole rings is 1. The van der Waals surface area contributed by atoms with E-state index in [-0.39, 0.29) is 5.84 Å². The van der Waals surface area contributed by atoms with E-state index in [1.54, 1.807) is 6.33 Å². The van der Waals surface area contributed by atoms with Crippen LogP contribution in [0.5, 0.6) is 0 Å². The zero-order valence-corrected chi connectivity index (χ0v) is 13.1. The van der Waals surface area contributed by atoms with Gasteiger partial charge in [-0.15, -0.1) is 0 Å². The van der Waals surface area contributed by atoms with Crippen molar-refractivity contribution in [3.8, 4) is 11.1 Å². The quantitative estimate of drug-likeness (QED) is 0.383. The predicted octanol–water partition coefficient (Wildman–Crippen LogP) is 4.20. The number of hydrogen-bond donors (Lipinski definition) is 3. The van der Waals surface area contributed by atoms with E-state index < -0.39 is 0 Å². The number of nitrogens with one attached hydrogen (secondary N) is 2. The van der Waals surface area contributed by atoms with Gasteiger partial charge in [0.05, 0.1) is 17.4 Å². The van der Waals surface area contributed by atoms with Crippen molar-refractivity contribution in [3.05, 3.63) is 90.8 Å². The van der Waals surface area contributed by atoms with E-state index in [1.165, 1.54) is 0 Å². The van der Waals surface area contributed by atoms with Crippen molar-refractivity contribution < 1.29 is 0 Å². The van der Waals surface area contributed by atoms with Crippen molar-refractivity contribution in [2.45, 2.75) is 0 Å². The van der Waals surface area contributed by atoms with E-state index >= 15 is 0 Å². The highest BCUT2D eigenvalue weighted by Gasteiger charge is 2.05. The number of para-hydroxylation sites is 2. The van der Waals surface area contributed by atoms with Crippen LogP contribution in [0.1, 0.15) is 5.56 Å². The first-order valence-corrected chi connectivity index (χ1v) is 7.62. The second kappa shape index (κ2) is 7.24. The van der Waals surface area contributed by atoms with Crippen LogP contribution in [0.25, 0.3) is 22.2 Å². The van der Waals surface area contributed by atoms with Gasteiger partial charge in [-0.1, -0.05) is 66.7 Å². The summed E-state index contributed by atoms with van der Waals surface area (Å²) in [5.74, 6) is 0.106. The fourth-order valence-electron chi connectivity index (χ4n) is 2.47. The smallest absolute Gasteiger partial charge is 0.123 e. The number of nitrogens with two attached hydrogens (primary N) is 1. The molecule has 1 heterocycles. The van der Waals surface area contributed by atoms with Crippen molar-refractivity contribution in [2.24, 2.45) is 5.73 Å². The molecule has 0 bridgehead atoms. The Hall–Kier alpha value is -3.40. The van der Waals surface area contributed by atoms with Crippen LogP contribution in [0.2, 0.25) is 0 Å². The topological polar surface area (TPSA) is 78.5 Å². The third-order valence-electron chi connectivity index (χ3n) is 3.63. The summed E-state index contributed by atoms with van der Waals surface area (Å²) in [6.07, 6.45) is 1.70. The zero-order chi connectivity index (χ0) is 16.8. The second-order valence-corrected chi connectivity index (χ2v) is 5.24. The monoisotopic (exact) mass is 314 g/mol. The van der Waals surface area contributed by atoms with E-state index in [9.17, 15) is 0 Å². The van der Waals surface area contributed by atoms with Crippen molar-refractivity contribution in [3.63, 3.8) is 0 Å². The minimum Gasteiger partial charge on any atom is -0.384 e. The molecule has 1 aromatic heterocycles. The van der Waals surface area contributed by atoms with Crippen LogP contribution >= 0.6 is 0 Å². The number of fused-ring (bicyclic) bond motifs is 1. The molecule has 0 radical (unpaired) electrons. The minimum absolute atomic E-state index is 0.106. The summed E-state index contributed by atoms with van der Waals surface area (Å²) < 4.78 is 0. The Morgan fingerprint density at radius 2 is 1.50 bits per heavy atom. The molecule has 0 amide bonds. The van der Waals surface area contributed by atoms with Gasteiger partial charge in [-0.25, -0.2) is 4.98 Å². The number of H-pyrrole nitrogens is 1. The molecule has 24 heavy (non-hydrogen) atoms. The molecule has 4 nitrogen and oxygen atoms in total. The van der Waals surface area contributed by atoms with Crippen LogP contribution in [0.15, 0.2) is 85.2 Å². The Bertz CT molecular complexity index is 912. The van der Waals surface area contributed by atoms with Crippen molar-refractivity contribution in [2.75, 3.05) is 0 Å². The van der Waals surface area contributed by atoms with Crippen LogP contribution in [0, 0.1) is 5.41 Å². The largest absolute Gasteiger partial charge is 0.384 e. The van der Waals surface area contributed by atoms with Gasteiger partial charge in [0, 0.05) is 5.56 Å². The fraction of sp³-hybridized carbons (Fsp3) is 0. The molecule has 0 aliphatic heterocycles. The summed E-state index contributed by atoms with van der Waals surface area (Å²) in [5, 5.41) is 7.50. The molecule has 0 atom stereocenters. The normalized spacial score (nSPS) is 10.0. The van der Waals surface area contributed by atoms with Crippen LogP contribution in [0.4, 0.5) is 0 Å². The summed E-state index contributed by atoms with van der Waals surface area (Å²) >= 11 is 0. The van der Waals surface area contributed by atoms with Crippen LogP contribution in [-0.4, -0.2) is 15.8 Å². The molecule has 4 aromatic rings. The Morgan fingerprint density at radius 1 is 0.833 bits per heavy atom. The summed E-state index contributed by atoms with van der Waals surface area (Å²) in [7, 11) is 0. The lowest BCUT2D eigenvalue weighted by Crippen LogP contribution is -2.12. The molecule has 0 spiro atoms. The SMILES string of the molecule is N=C(N)c1ccccc1-c1ccccc1.c1ccc2[nH]cnc2c1. The Balaban J connectivity index is 0.000000159. The molecule has 0 fully saturated rings. The molecule has 4 N–H and O–H groups in total. The van der Waals surface area contributed by atoms with Crippen LogP contribution < -0.4 is 5.73 Å². The van der Waals surface area contributed by atoms with Gasteiger partial charge in [0.2, 0.25) is 0 Å². The van der Waals surface area contributed by atoms with Gasteiger partial charge in [0.15, 0.2) is 0 Å². The highest BCUT2D eigenvalue weighted by molar-refractivity contribution is 6.01. The average Bonchev–Trinajstić information content (AvgIpc) is 3.12. The number of amidine groups is 1. The summed E-state index contributed by atoms with van der Waals surface area (Å²) in [6, 6.07) is 25.6. The van der Waals surface area contributed by atoms with Crippen molar-refractivity contribution in [1.82, 2.24) is 9.97 Å². The fourth-order valence-corrected chi connectivity index (χ4v) is 2.47. The Labute approximate surface area is 140 Å². The van der Waals surface area contributed by atoms with Gasteiger partial charge in [-0.2, -0.15) is 0 Å². The molecule has 0 saturated carbocycles. The van der Waals surface area contributed by atoms with Crippen LogP contribution in [-0.2, 0) is 0 Å². The molecule has 0 saturated heterocycles. The van der Waals surface area contributed by atoms with E-state index in [0.717, 1.165) is 27.7 Å².